The van der Waals surface area contributed by atoms with Gasteiger partial charge in [-0.3, -0.25) is 4.79 Å². The van der Waals surface area contributed by atoms with Gasteiger partial charge in [0.05, 0.1) is 23.1 Å². The number of carbonyl (C=O) groups excluding carboxylic acids is 1. The standard InChI is InChI=1S/C12H14BrCl2NO4S/c1-7(12(17)20-3)6-16(2)21(18,19)11-9(14)4-8(13)5-10(11)15/h4-5,7H,6H2,1-3H3/t7-/m1/s1. The van der Waals surface area contributed by atoms with Crippen molar-refractivity contribution in [1.29, 1.82) is 0 Å². The van der Waals surface area contributed by atoms with E-state index in [4.69, 9.17) is 23.2 Å². The van der Waals surface area contributed by atoms with Crippen molar-refractivity contribution in [2.24, 2.45) is 5.92 Å². The maximum Gasteiger partial charge on any atom is 0.309 e. The quantitative estimate of drug-likeness (QED) is 0.688. The number of sulfonamides is 1. The molecule has 0 saturated heterocycles. The lowest BCUT2D eigenvalue weighted by atomic mass is 10.2. The molecule has 0 amide bonds. The first-order valence-electron chi connectivity index (χ1n) is 5.80. The van der Waals surface area contributed by atoms with E-state index in [1.54, 1.807) is 6.92 Å². The molecule has 9 heteroatoms. The Bertz CT molecular complexity index is 628. The lowest BCUT2D eigenvalue weighted by Crippen LogP contribution is -2.34. The minimum absolute atomic E-state index is 0.00643. The average Bonchev–Trinajstić information content (AvgIpc) is 2.35. The monoisotopic (exact) mass is 417 g/mol. The summed E-state index contributed by atoms with van der Waals surface area (Å²) in [6.45, 7) is 1.53. The third kappa shape index (κ3) is 4.32. The van der Waals surface area contributed by atoms with Gasteiger partial charge < -0.3 is 4.74 Å². The van der Waals surface area contributed by atoms with Crippen LogP contribution in [-0.4, -0.2) is 39.4 Å². The number of rotatable bonds is 5. The summed E-state index contributed by atoms with van der Waals surface area (Å²) in [5, 5.41) is 0.0129. The van der Waals surface area contributed by atoms with Crippen molar-refractivity contribution in [2.75, 3.05) is 20.7 Å². The molecular weight excluding hydrogens is 405 g/mol. The Morgan fingerprint density at radius 1 is 1.38 bits per heavy atom. The van der Waals surface area contributed by atoms with Gasteiger partial charge in [-0.15, -0.1) is 0 Å². The van der Waals surface area contributed by atoms with Crippen LogP contribution in [0.5, 0.6) is 0 Å². The van der Waals surface area contributed by atoms with Crippen LogP contribution in [0.4, 0.5) is 0 Å². The topological polar surface area (TPSA) is 63.7 Å². The number of ether oxygens (including phenoxy) is 1. The van der Waals surface area contributed by atoms with E-state index in [2.05, 4.69) is 20.7 Å². The van der Waals surface area contributed by atoms with E-state index in [-0.39, 0.29) is 21.5 Å². The van der Waals surface area contributed by atoms with E-state index in [0.717, 1.165) is 4.31 Å². The van der Waals surface area contributed by atoms with Crippen LogP contribution < -0.4 is 0 Å². The molecule has 0 radical (unpaired) electrons. The van der Waals surface area contributed by atoms with Gasteiger partial charge in [-0.1, -0.05) is 46.1 Å². The first kappa shape index (κ1) is 18.7. The molecule has 0 aromatic heterocycles. The molecule has 1 aromatic carbocycles. The number of halogens is 3. The Hall–Kier alpha value is -0.340. The third-order valence-electron chi connectivity index (χ3n) is 2.77. The zero-order valence-corrected chi connectivity index (χ0v) is 15.5. The van der Waals surface area contributed by atoms with Gasteiger partial charge in [0, 0.05) is 18.1 Å². The number of carbonyl (C=O) groups is 1. The molecule has 118 valence electrons. The summed E-state index contributed by atoms with van der Waals surface area (Å²) in [6, 6.07) is 2.88. The second kappa shape index (κ2) is 7.28. The van der Waals surface area contributed by atoms with Crippen molar-refractivity contribution in [3.05, 3.63) is 26.7 Å². The maximum absolute atomic E-state index is 12.5. The summed E-state index contributed by atoms with van der Waals surface area (Å²) in [6.07, 6.45) is 0. The van der Waals surface area contributed by atoms with Gasteiger partial charge in [0.2, 0.25) is 10.0 Å². The van der Waals surface area contributed by atoms with Crippen molar-refractivity contribution in [3.63, 3.8) is 0 Å². The molecule has 0 aliphatic carbocycles. The van der Waals surface area contributed by atoms with Gasteiger partial charge in [-0.25, -0.2) is 8.42 Å². The largest absolute Gasteiger partial charge is 0.469 e. The molecule has 1 rings (SSSR count). The molecule has 21 heavy (non-hydrogen) atoms. The maximum atomic E-state index is 12.5. The van der Waals surface area contributed by atoms with E-state index in [0.29, 0.717) is 4.47 Å². The van der Waals surface area contributed by atoms with Crippen molar-refractivity contribution < 1.29 is 17.9 Å². The lowest BCUT2D eigenvalue weighted by molar-refractivity contribution is -0.144. The average molecular weight is 419 g/mol. The first-order chi connectivity index (χ1) is 9.61. The number of hydrogen-bond donors (Lipinski definition) is 0. The molecule has 0 unspecified atom stereocenters. The van der Waals surface area contributed by atoms with Crippen LogP contribution in [0.3, 0.4) is 0 Å². The fraction of sp³-hybridized carbons (Fsp3) is 0.417. The first-order valence-corrected chi connectivity index (χ1v) is 8.78. The van der Waals surface area contributed by atoms with Gasteiger partial charge in [-0.2, -0.15) is 4.31 Å². The number of esters is 1. The van der Waals surface area contributed by atoms with Gasteiger partial charge in [0.25, 0.3) is 0 Å². The highest BCUT2D eigenvalue weighted by atomic mass is 79.9. The molecule has 1 atom stereocenters. The van der Waals surface area contributed by atoms with Crippen LogP contribution in [0.1, 0.15) is 6.92 Å². The van der Waals surface area contributed by atoms with Crippen molar-refractivity contribution in [2.45, 2.75) is 11.8 Å². The number of hydrogen-bond acceptors (Lipinski definition) is 4. The lowest BCUT2D eigenvalue weighted by Gasteiger charge is -2.21. The summed E-state index contributed by atoms with van der Waals surface area (Å²) < 4.78 is 31.2. The van der Waals surface area contributed by atoms with E-state index >= 15 is 0 Å². The minimum atomic E-state index is -3.91. The molecule has 0 bridgehead atoms. The van der Waals surface area contributed by atoms with E-state index in [1.165, 1.54) is 26.3 Å². The van der Waals surface area contributed by atoms with E-state index in [1.807, 2.05) is 0 Å². The van der Waals surface area contributed by atoms with Crippen LogP contribution >= 0.6 is 39.1 Å². The van der Waals surface area contributed by atoms with Crippen LogP contribution in [0.15, 0.2) is 21.5 Å². The molecule has 1 aromatic rings. The van der Waals surface area contributed by atoms with Gasteiger partial charge in [0.1, 0.15) is 4.90 Å². The number of benzene rings is 1. The predicted molar refractivity (Wildman–Crippen MR) is 85.2 cm³/mol. The normalized spacial score (nSPS) is 13.3. The van der Waals surface area contributed by atoms with Crippen molar-refractivity contribution in [1.82, 2.24) is 4.31 Å². The number of nitrogens with zero attached hydrogens (tertiary/aromatic N) is 1. The highest BCUT2D eigenvalue weighted by Gasteiger charge is 2.29. The summed E-state index contributed by atoms with van der Waals surface area (Å²) >= 11 is 15.1. The second-order valence-corrected chi connectivity index (χ2v) is 8.12. The number of methoxy groups -OCH3 is 1. The Morgan fingerprint density at radius 2 is 1.86 bits per heavy atom. The summed E-state index contributed by atoms with van der Waals surface area (Å²) in [4.78, 5) is 11.2. The molecular formula is C12H14BrCl2NO4S. The molecule has 0 aliphatic heterocycles. The molecule has 0 fully saturated rings. The highest BCUT2D eigenvalue weighted by Crippen LogP contribution is 2.34. The Balaban J connectivity index is 3.15. The van der Waals surface area contributed by atoms with Crippen molar-refractivity contribution >= 4 is 55.1 Å². The third-order valence-corrected chi connectivity index (χ3v) is 5.97. The second-order valence-electron chi connectivity index (χ2n) is 4.41. The molecule has 0 heterocycles. The Labute approximate surface area is 142 Å². The van der Waals surface area contributed by atoms with E-state index < -0.39 is 21.9 Å². The van der Waals surface area contributed by atoms with Crippen molar-refractivity contribution in [3.8, 4) is 0 Å². The van der Waals surface area contributed by atoms with Gasteiger partial charge >= 0.3 is 5.97 Å². The Morgan fingerprint density at radius 3 is 2.29 bits per heavy atom. The molecule has 0 spiro atoms. The van der Waals surface area contributed by atoms with Gasteiger partial charge in [-0.05, 0) is 12.1 Å². The van der Waals surface area contributed by atoms with Crippen LogP contribution in [-0.2, 0) is 19.6 Å². The highest BCUT2D eigenvalue weighted by molar-refractivity contribution is 9.10. The zero-order valence-electron chi connectivity index (χ0n) is 11.6. The Kier molecular flexibility index (Phi) is 6.49. The van der Waals surface area contributed by atoms with Crippen LogP contribution in [0.25, 0.3) is 0 Å². The van der Waals surface area contributed by atoms with Crippen LogP contribution in [0.2, 0.25) is 10.0 Å². The van der Waals surface area contributed by atoms with Gasteiger partial charge in [0.15, 0.2) is 0 Å². The van der Waals surface area contributed by atoms with E-state index in [9.17, 15) is 13.2 Å². The SMILES string of the molecule is COC(=O)[C@H](C)CN(C)S(=O)(=O)c1c(Cl)cc(Br)cc1Cl. The fourth-order valence-corrected chi connectivity index (χ4v) is 4.83. The molecule has 0 aliphatic rings. The predicted octanol–water partition coefficient (Wildman–Crippen LogP) is 3.19. The minimum Gasteiger partial charge on any atom is -0.469 e. The summed E-state index contributed by atoms with van der Waals surface area (Å²) in [5.74, 6) is -1.10. The van der Waals surface area contributed by atoms with Crippen LogP contribution in [0, 0.1) is 5.92 Å². The fourth-order valence-electron chi connectivity index (χ4n) is 1.69. The smallest absolute Gasteiger partial charge is 0.309 e. The molecule has 5 nitrogen and oxygen atoms in total. The summed E-state index contributed by atoms with van der Waals surface area (Å²) in [7, 11) is -1.32. The molecule has 0 N–H and O–H groups in total. The zero-order chi connectivity index (χ0) is 16.4. The summed E-state index contributed by atoms with van der Waals surface area (Å²) in [5.41, 5.74) is 0. The molecule has 0 saturated carbocycles.